The average molecular weight is 429 g/mol. The first-order valence-corrected chi connectivity index (χ1v) is 11.1. The van der Waals surface area contributed by atoms with Crippen molar-refractivity contribution in [2.45, 2.75) is 38.6 Å². The van der Waals surface area contributed by atoms with E-state index in [1.54, 1.807) is 24.3 Å². The molecule has 0 fully saturated rings. The third-order valence-electron chi connectivity index (χ3n) is 5.78. The van der Waals surface area contributed by atoms with Crippen LogP contribution in [0.1, 0.15) is 52.9 Å². The number of hydrogen-bond acceptors (Lipinski definition) is 3. The molecule has 0 spiro atoms. The average Bonchev–Trinajstić information content (AvgIpc) is 2.83. The molecule has 0 saturated carbocycles. The summed E-state index contributed by atoms with van der Waals surface area (Å²) in [4.78, 5) is 25.4. The van der Waals surface area contributed by atoms with Gasteiger partial charge in [-0.1, -0.05) is 48.5 Å². The van der Waals surface area contributed by atoms with E-state index in [2.05, 4.69) is 16.7 Å². The van der Waals surface area contributed by atoms with Crippen molar-refractivity contribution in [1.29, 1.82) is 0 Å². The highest BCUT2D eigenvalue weighted by atomic mass is 16.5. The second kappa shape index (κ2) is 10.1. The largest absolute Gasteiger partial charge is 0.484 e. The van der Waals surface area contributed by atoms with Crippen molar-refractivity contribution >= 4 is 17.5 Å². The molecule has 2 N–H and O–H groups in total. The molecule has 0 bridgehead atoms. The number of fused-ring (bicyclic) bond motifs is 1. The van der Waals surface area contributed by atoms with E-state index in [9.17, 15) is 9.59 Å². The van der Waals surface area contributed by atoms with Crippen LogP contribution in [0.5, 0.6) is 5.75 Å². The molecular formula is C27H28N2O3. The number of aryl methyl sites for hydroxylation is 2. The molecule has 0 aromatic heterocycles. The standard InChI is InChI=1S/C27H28N2O3/c1-19(20-9-3-2-4-10-20)28-27(31)24-13-7-8-14-25(24)29-26(30)18-32-23-16-15-21-11-5-6-12-22(21)17-23/h2-4,7-10,13-17,19H,5-6,11-12,18H2,1H3,(H,28,31)(H,29,30). The minimum absolute atomic E-state index is 0.116. The van der Waals surface area contributed by atoms with E-state index >= 15 is 0 Å². The van der Waals surface area contributed by atoms with E-state index in [4.69, 9.17) is 4.74 Å². The van der Waals surface area contributed by atoms with Gasteiger partial charge in [0.25, 0.3) is 11.8 Å². The SMILES string of the molecule is CC(NC(=O)c1ccccc1NC(=O)COc1ccc2c(c1)CCCC2)c1ccccc1. The predicted molar refractivity (Wildman–Crippen MR) is 126 cm³/mol. The summed E-state index contributed by atoms with van der Waals surface area (Å²) in [5, 5.41) is 5.80. The van der Waals surface area contributed by atoms with Crippen LogP contribution < -0.4 is 15.4 Å². The van der Waals surface area contributed by atoms with Crippen molar-refractivity contribution in [3.05, 3.63) is 95.1 Å². The number of hydrogen-bond donors (Lipinski definition) is 2. The van der Waals surface area contributed by atoms with Crippen LogP contribution >= 0.6 is 0 Å². The quantitative estimate of drug-likeness (QED) is 0.552. The number of amides is 2. The number of carbonyl (C=O) groups is 2. The lowest BCUT2D eigenvalue weighted by atomic mass is 9.92. The van der Waals surface area contributed by atoms with Crippen LogP contribution in [-0.2, 0) is 17.6 Å². The zero-order chi connectivity index (χ0) is 22.3. The van der Waals surface area contributed by atoms with Gasteiger partial charge in [0.1, 0.15) is 5.75 Å². The molecule has 0 heterocycles. The van der Waals surface area contributed by atoms with Crippen molar-refractivity contribution in [3.8, 4) is 5.75 Å². The first-order chi connectivity index (χ1) is 15.6. The summed E-state index contributed by atoms with van der Waals surface area (Å²) >= 11 is 0. The van der Waals surface area contributed by atoms with Crippen LogP contribution in [0.3, 0.4) is 0 Å². The van der Waals surface area contributed by atoms with Crippen LogP contribution in [0, 0.1) is 0 Å². The predicted octanol–water partition coefficient (Wildman–Crippen LogP) is 5.07. The van der Waals surface area contributed by atoms with Crippen molar-refractivity contribution < 1.29 is 14.3 Å². The number of benzene rings is 3. The molecule has 1 unspecified atom stereocenters. The Morgan fingerprint density at radius 2 is 1.62 bits per heavy atom. The van der Waals surface area contributed by atoms with Crippen LogP contribution in [0.2, 0.25) is 0 Å². The fourth-order valence-electron chi connectivity index (χ4n) is 4.02. The number of carbonyl (C=O) groups excluding carboxylic acids is 2. The second-order valence-electron chi connectivity index (χ2n) is 8.13. The second-order valence-corrected chi connectivity index (χ2v) is 8.13. The molecule has 1 atom stereocenters. The lowest BCUT2D eigenvalue weighted by Crippen LogP contribution is -2.28. The Morgan fingerprint density at radius 3 is 2.44 bits per heavy atom. The van der Waals surface area contributed by atoms with Crippen molar-refractivity contribution in [3.63, 3.8) is 0 Å². The Morgan fingerprint density at radius 1 is 0.906 bits per heavy atom. The third kappa shape index (κ3) is 5.35. The molecule has 0 saturated heterocycles. The summed E-state index contributed by atoms with van der Waals surface area (Å²) in [6.07, 6.45) is 4.59. The highest BCUT2D eigenvalue weighted by Gasteiger charge is 2.16. The third-order valence-corrected chi connectivity index (χ3v) is 5.78. The number of para-hydroxylation sites is 1. The van der Waals surface area contributed by atoms with Gasteiger partial charge < -0.3 is 15.4 Å². The van der Waals surface area contributed by atoms with E-state index in [-0.39, 0.29) is 24.5 Å². The monoisotopic (exact) mass is 428 g/mol. The molecular weight excluding hydrogens is 400 g/mol. The molecule has 3 aromatic rings. The van der Waals surface area contributed by atoms with Gasteiger partial charge in [-0.05, 0) is 73.6 Å². The summed E-state index contributed by atoms with van der Waals surface area (Å²) in [7, 11) is 0. The lowest BCUT2D eigenvalue weighted by molar-refractivity contribution is -0.118. The molecule has 4 rings (SSSR count). The maximum atomic E-state index is 12.9. The first kappa shape index (κ1) is 21.6. The summed E-state index contributed by atoms with van der Waals surface area (Å²) < 4.78 is 5.72. The van der Waals surface area contributed by atoms with Gasteiger partial charge in [0.05, 0.1) is 17.3 Å². The topological polar surface area (TPSA) is 67.4 Å². The molecule has 32 heavy (non-hydrogen) atoms. The normalized spacial score (nSPS) is 13.5. The molecule has 0 aliphatic heterocycles. The zero-order valence-corrected chi connectivity index (χ0v) is 18.3. The number of anilines is 1. The van der Waals surface area contributed by atoms with E-state index in [1.807, 2.05) is 49.4 Å². The first-order valence-electron chi connectivity index (χ1n) is 11.1. The molecule has 164 valence electrons. The van der Waals surface area contributed by atoms with Crippen LogP contribution in [-0.4, -0.2) is 18.4 Å². The molecule has 5 nitrogen and oxygen atoms in total. The van der Waals surface area contributed by atoms with Crippen molar-refractivity contribution in [2.75, 3.05) is 11.9 Å². The molecule has 1 aliphatic carbocycles. The Hall–Kier alpha value is -3.60. The van der Waals surface area contributed by atoms with Crippen molar-refractivity contribution in [2.24, 2.45) is 0 Å². The summed E-state index contributed by atoms with van der Waals surface area (Å²) in [6, 6.07) is 22.6. The van der Waals surface area contributed by atoms with Gasteiger partial charge in [0.15, 0.2) is 6.61 Å². The molecule has 3 aromatic carbocycles. The number of ether oxygens (including phenoxy) is 1. The van der Waals surface area contributed by atoms with Crippen molar-refractivity contribution in [1.82, 2.24) is 5.32 Å². The molecule has 5 heteroatoms. The maximum absolute atomic E-state index is 12.9. The highest BCUT2D eigenvalue weighted by Crippen LogP contribution is 2.25. The van der Waals surface area contributed by atoms with Crippen LogP contribution in [0.4, 0.5) is 5.69 Å². The maximum Gasteiger partial charge on any atom is 0.262 e. The van der Waals surface area contributed by atoms with Gasteiger partial charge in [0.2, 0.25) is 0 Å². The molecule has 1 aliphatic rings. The summed E-state index contributed by atoms with van der Waals surface area (Å²) in [5.41, 5.74) is 4.57. The van der Waals surface area contributed by atoms with E-state index < -0.39 is 0 Å². The van der Waals surface area contributed by atoms with Gasteiger partial charge in [-0.15, -0.1) is 0 Å². The lowest BCUT2D eigenvalue weighted by Gasteiger charge is -2.17. The van der Waals surface area contributed by atoms with E-state index in [0.29, 0.717) is 17.0 Å². The van der Waals surface area contributed by atoms with Gasteiger partial charge >= 0.3 is 0 Å². The van der Waals surface area contributed by atoms with Gasteiger partial charge in [0, 0.05) is 0 Å². The smallest absolute Gasteiger partial charge is 0.262 e. The fourth-order valence-corrected chi connectivity index (χ4v) is 4.02. The van der Waals surface area contributed by atoms with Crippen LogP contribution in [0.15, 0.2) is 72.8 Å². The number of rotatable bonds is 7. The van der Waals surface area contributed by atoms with Gasteiger partial charge in [-0.25, -0.2) is 0 Å². The minimum Gasteiger partial charge on any atom is -0.484 e. The van der Waals surface area contributed by atoms with Crippen LogP contribution in [0.25, 0.3) is 0 Å². The van der Waals surface area contributed by atoms with E-state index in [0.717, 1.165) is 18.4 Å². The number of nitrogens with one attached hydrogen (secondary N) is 2. The fraction of sp³-hybridized carbons (Fsp3) is 0.259. The van der Waals surface area contributed by atoms with Gasteiger partial charge in [-0.3, -0.25) is 9.59 Å². The Bertz CT molecular complexity index is 1100. The Balaban J connectivity index is 1.37. The van der Waals surface area contributed by atoms with E-state index in [1.165, 1.54) is 24.0 Å². The molecule has 2 amide bonds. The highest BCUT2D eigenvalue weighted by molar-refractivity contribution is 6.04. The summed E-state index contributed by atoms with van der Waals surface area (Å²) in [6.45, 7) is 1.82. The minimum atomic E-state index is -0.306. The Kier molecular flexibility index (Phi) is 6.85. The van der Waals surface area contributed by atoms with Gasteiger partial charge in [-0.2, -0.15) is 0 Å². The summed E-state index contributed by atoms with van der Waals surface area (Å²) in [5.74, 6) is 0.149. The Labute approximate surface area is 188 Å². The zero-order valence-electron chi connectivity index (χ0n) is 18.3. The molecule has 0 radical (unpaired) electrons.